The Kier molecular flexibility index (Phi) is 3.03. The molecule has 1 unspecified atom stereocenters. The molecule has 0 aromatic heterocycles. The molecule has 0 saturated heterocycles. The molecule has 0 aliphatic rings. The van der Waals surface area contributed by atoms with E-state index in [9.17, 15) is 4.79 Å². The van der Waals surface area contributed by atoms with Crippen LogP contribution < -0.4 is 0 Å². The highest BCUT2D eigenvalue weighted by molar-refractivity contribution is 5.74. The normalized spacial score (nSPS) is 11.7. The fourth-order valence-corrected chi connectivity index (χ4v) is 0.951. The van der Waals surface area contributed by atoms with Crippen molar-refractivity contribution < 1.29 is 14.7 Å². The third-order valence-electron chi connectivity index (χ3n) is 1.51. The maximum absolute atomic E-state index is 10.7. The zero-order valence-corrected chi connectivity index (χ0v) is 6.88. The molecule has 1 atom stereocenters. The summed E-state index contributed by atoms with van der Waals surface area (Å²) in [6.07, 6.45) is -1.07. The number of hydrogen-bond acceptors (Lipinski definition) is 3. The number of oxime groups is 1. The highest BCUT2D eigenvalue weighted by Gasteiger charge is 2.20. The molecule has 0 saturated carbocycles. The van der Waals surface area contributed by atoms with E-state index < -0.39 is 12.1 Å². The van der Waals surface area contributed by atoms with Crippen LogP contribution in [0.25, 0.3) is 0 Å². The van der Waals surface area contributed by atoms with Crippen LogP contribution in [0, 0.1) is 0 Å². The Labute approximate surface area is 75.4 Å². The largest absolute Gasteiger partial charge is 0.478 e. The van der Waals surface area contributed by atoms with Crippen LogP contribution in [0.2, 0.25) is 0 Å². The predicted molar refractivity (Wildman–Crippen MR) is 47.5 cm³/mol. The van der Waals surface area contributed by atoms with E-state index in [1.165, 1.54) is 0 Å². The Morgan fingerprint density at radius 3 is 2.54 bits per heavy atom. The first-order valence-electron chi connectivity index (χ1n) is 3.65. The number of carboxylic acids is 1. The molecule has 1 aromatic rings. The molecule has 0 bridgehead atoms. The van der Waals surface area contributed by atoms with E-state index in [1.54, 1.807) is 30.3 Å². The van der Waals surface area contributed by atoms with E-state index in [1.807, 2.05) is 0 Å². The van der Waals surface area contributed by atoms with Crippen molar-refractivity contribution in [3.8, 4) is 0 Å². The lowest BCUT2D eigenvalue weighted by Gasteiger charge is -2.09. The summed E-state index contributed by atoms with van der Waals surface area (Å²) in [7, 11) is 0. The number of nitrogens with zero attached hydrogens (tertiary/aromatic N) is 1. The molecule has 4 heteroatoms. The highest BCUT2D eigenvalue weighted by atomic mass is 16.6. The first-order valence-corrected chi connectivity index (χ1v) is 3.65. The predicted octanol–water partition coefficient (Wildman–Crippen LogP) is 1.44. The molecule has 0 fully saturated rings. The van der Waals surface area contributed by atoms with Crippen molar-refractivity contribution in [2.75, 3.05) is 0 Å². The summed E-state index contributed by atoms with van der Waals surface area (Å²) in [5, 5.41) is 11.8. The van der Waals surface area contributed by atoms with Crippen LogP contribution in [0.3, 0.4) is 0 Å². The molecule has 1 N–H and O–H groups in total. The fraction of sp³-hybridized carbons (Fsp3) is 0.111. The summed E-state index contributed by atoms with van der Waals surface area (Å²) < 4.78 is 0. The Bertz CT molecular complexity index is 297. The average Bonchev–Trinajstić information content (AvgIpc) is 2.15. The lowest BCUT2D eigenvalue weighted by atomic mass is 10.1. The van der Waals surface area contributed by atoms with E-state index in [0.717, 1.165) is 0 Å². The minimum absolute atomic E-state index is 0.544. The zero-order chi connectivity index (χ0) is 9.68. The molecule has 0 aliphatic carbocycles. The van der Waals surface area contributed by atoms with Crippen molar-refractivity contribution in [1.29, 1.82) is 0 Å². The van der Waals surface area contributed by atoms with Crippen LogP contribution in [0.4, 0.5) is 0 Å². The lowest BCUT2D eigenvalue weighted by Crippen LogP contribution is -2.12. The van der Waals surface area contributed by atoms with Gasteiger partial charge < -0.3 is 9.94 Å². The molecule has 0 amide bonds. The molecule has 1 rings (SSSR count). The first kappa shape index (κ1) is 9.25. The molecule has 1 aromatic carbocycles. The number of aliphatic carboxylic acids is 1. The van der Waals surface area contributed by atoms with Gasteiger partial charge in [-0.05, 0) is 0 Å². The van der Waals surface area contributed by atoms with Gasteiger partial charge in [-0.2, -0.15) is 0 Å². The Morgan fingerprint density at radius 2 is 2.08 bits per heavy atom. The summed E-state index contributed by atoms with van der Waals surface area (Å²) in [6, 6.07) is 8.58. The molecular formula is C9H9NO3. The lowest BCUT2D eigenvalue weighted by molar-refractivity contribution is -0.150. The smallest absolute Gasteiger partial charge is 0.352 e. The Balaban J connectivity index is 2.88. The Morgan fingerprint density at radius 1 is 1.46 bits per heavy atom. The standard InChI is InChI=1S/C9H9NO3/c1-10-13-8(9(11)12)7-5-3-2-4-6-7/h2-6,8H,1H2,(H,11,12). The molecule has 0 radical (unpaired) electrons. The average molecular weight is 179 g/mol. The quantitative estimate of drug-likeness (QED) is 0.562. The van der Waals surface area contributed by atoms with Crippen molar-refractivity contribution in [3.05, 3.63) is 35.9 Å². The molecule has 0 aliphatic heterocycles. The van der Waals surface area contributed by atoms with E-state index in [-0.39, 0.29) is 0 Å². The van der Waals surface area contributed by atoms with Crippen LogP contribution in [0.5, 0.6) is 0 Å². The van der Waals surface area contributed by atoms with Gasteiger partial charge in [-0.3, -0.25) is 0 Å². The van der Waals surface area contributed by atoms with Gasteiger partial charge in [-0.15, -0.1) is 5.16 Å². The number of carbonyl (C=O) groups is 1. The van der Waals surface area contributed by atoms with Gasteiger partial charge in [0.15, 0.2) is 0 Å². The third kappa shape index (κ3) is 2.30. The minimum Gasteiger partial charge on any atom is -0.478 e. The summed E-state index contributed by atoms with van der Waals surface area (Å²) in [6.45, 7) is 3.07. The second-order valence-electron chi connectivity index (χ2n) is 2.36. The molecule has 0 spiro atoms. The number of rotatable bonds is 4. The van der Waals surface area contributed by atoms with Gasteiger partial charge >= 0.3 is 5.97 Å². The topological polar surface area (TPSA) is 58.9 Å². The third-order valence-corrected chi connectivity index (χ3v) is 1.51. The van der Waals surface area contributed by atoms with Crippen LogP contribution in [0.1, 0.15) is 11.7 Å². The van der Waals surface area contributed by atoms with Gasteiger partial charge in [0.2, 0.25) is 6.10 Å². The van der Waals surface area contributed by atoms with E-state index in [0.29, 0.717) is 5.56 Å². The minimum atomic E-state index is -1.08. The van der Waals surface area contributed by atoms with Crippen LogP contribution in [-0.4, -0.2) is 17.8 Å². The second-order valence-corrected chi connectivity index (χ2v) is 2.36. The van der Waals surface area contributed by atoms with E-state index in [2.05, 4.69) is 16.7 Å². The van der Waals surface area contributed by atoms with Gasteiger partial charge in [0.25, 0.3) is 0 Å². The van der Waals surface area contributed by atoms with Gasteiger partial charge in [-0.1, -0.05) is 30.3 Å². The summed E-state index contributed by atoms with van der Waals surface area (Å²) in [5.74, 6) is -1.08. The van der Waals surface area contributed by atoms with Gasteiger partial charge in [-0.25, -0.2) is 4.79 Å². The maximum Gasteiger partial charge on any atom is 0.352 e. The van der Waals surface area contributed by atoms with Gasteiger partial charge in [0.1, 0.15) is 0 Å². The van der Waals surface area contributed by atoms with Crippen molar-refractivity contribution in [2.45, 2.75) is 6.10 Å². The van der Waals surface area contributed by atoms with Crippen LogP contribution in [-0.2, 0) is 9.63 Å². The molecule has 68 valence electrons. The maximum atomic E-state index is 10.7. The fourth-order valence-electron chi connectivity index (χ4n) is 0.951. The summed E-state index contributed by atoms with van der Waals surface area (Å²) >= 11 is 0. The van der Waals surface area contributed by atoms with Crippen LogP contribution in [0.15, 0.2) is 35.5 Å². The monoisotopic (exact) mass is 179 g/mol. The van der Waals surface area contributed by atoms with Crippen molar-refractivity contribution in [2.24, 2.45) is 5.16 Å². The van der Waals surface area contributed by atoms with Crippen molar-refractivity contribution in [3.63, 3.8) is 0 Å². The molecular weight excluding hydrogens is 170 g/mol. The second kappa shape index (κ2) is 4.25. The molecule has 13 heavy (non-hydrogen) atoms. The first-order chi connectivity index (χ1) is 6.25. The SMILES string of the molecule is C=NOC(C(=O)O)c1ccccc1. The molecule has 0 heterocycles. The Hall–Kier alpha value is -1.84. The van der Waals surface area contributed by atoms with Gasteiger partial charge in [0, 0.05) is 12.3 Å². The highest BCUT2D eigenvalue weighted by Crippen LogP contribution is 2.16. The van der Waals surface area contributed by atoms with Crippen molar-refractivity contribution >= 4 is 12.7 Å². The van der Waals surface area contributed by atoms with Gasteiger partial charge in [0.05, 0.1) is 0 Å². The number of hydrogen-bond donors (Lipinski definition) is 1. The van der Waals surface area contributed by atoms with Crippen LogP contribution >= 0.6 is 0 Å². The number of benzene rings is 1. The summed E-state index contributed by atoms with van der Waals surface area (Å²) in [5.41, 5.74) is 0.544. The zero-order valence-electron chi connectivity index (χ0n) is 6.88. The molecule has 4 nitrogen and oxygen atoms in total. The van der Waals surface area contributed by atoms with Crippen molar-refractivity contribution in [1.82, 2.24) is 0 Å². The van der Waals surface area contributed by atoms with E-state index in [4.69, 9.17) is 5.11 Å². The summed E-state index contributed by atoms with van der Waals surface area (Å²) in [4.78, 5) is 15.3. The number of carboxylic acid groups (broad SMARTS) is 1. The van der Waals surface area contributed by atoms with E-state index >= 15 is 0 Å².